The molecule has 0 saturated carbocycles. The van der Waals surface area contributed by atoms with Crippen molar-refractivity contribution in [2.45, 2.75) is 115 Å². The second kappa shape index (κ2) is 30.5. The summed E-state index contributed by atoms with van der Waals surface area (Å²) in [7, 11) is -18.4. The Kier molecular flexibility index (Phi) is 24.2. The molecule has 91 heavy (non-hydrogen) atoms. The van der Waals surface area contributed by atoms with E-state index >= 15 is 0 Å². The van der Waals surface area contributed by atoms with Gasteiger partial charge >= 0.3 is 5.97 Å². The van der Waals surface area contributed by atoms with Crippen LogP contribution < -0.4 is 35.2 Å². The van der Waals surface area contributed by atoms with E-state index in [4.69, 9.17) is 27.2 Å². The minimum Gasteiger partial charge on any atom is -0.748 e. The summed E-state index contributed by atoms with van der Waals surface area (Å²) in [6.45, 7) is 5.62. The van der Waals surface area contributed by atoms with Crippen molar-refractivity contribution in [3.8, 4) is 36.2 Å². The molecule has 6 N–H and O–H groups in total. The van der Waals surface area contributed by atoms with E-state index in [1.807, 2.05) is 13.8 Å². The zero-order valence-electron chi connectivity index (χ0n) is 50.5. The van der Waals surface area contributed by atoms with E-state index in [1.54, 1.807) is 60.1 Å². The summed E-state index contributed by atoms with van der Waals surface area (Å²) in [4.78, 5) is 89.9. The van der Waals surface area contributed by atoms with Gasteiger partial charge in [0.2, 0.25) is 0 Å². The highest BCUT2D eigenvalue weighted by Gasteiger charge is 2.47. The van der Waals surface area contributed by atoms with E-state index in [-0.39, 0.29) is 109 Å². The first-order valence-electron chi connectivity index (χ1n) is 28.8. The Bertz CT molecular complexity index is 3860. The molecule has 494 valence electrons. The fourth-order valence-electron chi connectivity index (χ4n) is 11.0. The Labute approximate surface area is 529 Å². The molecule has 0 spiro atoms. The highest BCUT2D eigenvalue weighted by atomic mass is 32.2. The molecule has 0 radical (unpaired) electrons. The molecule has 1 fully saturated rings. The maximum Gasteiger partial charge on any atom is 0.364 e. The van der Waals surface area contributed by atoms with Gasteiger partial charge < -0.3 is 44.6 Å². The van der Waals surface area contributed by atoms with E-state index in [1.165, 1.54) is 24.3 Å². The number of benzene rings is 3. The lowest BCUT2D eigenvalue weighted by Gasteiger charge is -2.33. The molecule has 31 heteroatoms. The molecule has 1 atom stereocenters. The van der Waals surface area contributed by atoms with Crippen molar-refractivity contribution in [1.29, 1.82) is 0 Å². The number of nitrogens with zero attached hydrogens (tertiary/aromatic N) is 3. The van der Waals surface area contributed by atoms with Crippen molar-refractivity contribution < 1.29 is 95.0 Å². The van der Waals surface area contributed by atoms with Crippen LogP contribution in [-0.4, -0.2) is 161 Å². The van der Waals surface area contributed by atoms with E-state index < -0.39 is 129 Å². The highest BCUT2D eigenvalue weighted by Crippen LogP contribution is 2.51. The number of ether oxygens (including phenoxy) is 2. The monoisotopic (exact) mass is 1340 g/mol. The average Bonchev–Trinajstić information content (AvgIpc) is 1.59. The van der Waals surface area contributed by atoms with Crippen LogP contribution in [0.25, 0.3) is 0 Å². The zero-order valence-corrected chi connectivity index (χ0v) is 53.8. The number of anilines is 2. The number of amides is 5. The van der Waals surface area contributed by atoms with Gasteiger partial charge in [-0.2, -0.15) is 25.3 Å². The fourth-order valence-corrected chi connectivity index (χ4v) is 12.7. The molecule has 1 unspecified atom stereocenters. The molecule has 3 aromatic rings. The number of hydroxylamine groups is 2. The summed E-state index contributed by atoms with van der Waals surface area (Å²) < 4.78 is 147. The lowest BCUT2D eigenvalue weighted by molar-refractivity contribution is -0.172. The second-order valence-electron chi connectivity index (χ2n) is 22.6. The van der Waals surface area contributed by atoms with Gasteiger partial charge in [-0.3, -0.25) is 37.6 Å². The first-order valence-corrected chi connectivity index (χ1v) is 35.2. The Hall–Kier alpha value is -7.88. The molecule has 6 rings (SSSR count). The normalized spacial score (nSPS) is 16.5. The first-order chi connectivity index (χ1) is 42.6. The highest BCUT2D eigenvalue weighted by molar-refractivity contribution is 7.86. The van der Waals surface area contributed by atoms with Crippen LogP contribution >= 0.6 is 0 Å². The predicted octanol–water partition coefficient (Wildman–Crippen LogP) is 4.35. The summed E-state index contributed by atoms with van der Waals surface area (Å²) in [6.07, 6.45) is 18.4. The number of terminal acetylenes is 2. The van der Waals surface area contributed by atoms with Gasteiger partial charge in [0.05, 0.1) is 70.1 Å². The van der Waals surface area contributed by atoms with Crippen molar-refractivity contribution >= 4 is 87.4 Å². The maximum atomic E-state index is 14.9. The van der Waals surface area contributed by atoms with Crippen LogP contribution in [0.15, 0.2) is 66.4 Å². The summed E-state index contributed by atoms with van der Waals surface area (Å²) in [5.74, 6) is -2.86. The lowest BCUT2D eigenvalue weighted by atomic mass is 9.77. The summed E-state index contributed by atoms with van der Waals surface area (Å²) in [5.41, 5.74) is -0.515. The molecule has 3 aliphatic rings. The number of hydrogen-bond donors (Lipinski definition) is 6. The number of fused-ring (bicyclic) bond motifs is 2. The quantitative estimate of drug-likeness (QED) is 0.0213. The van der Waals surface area contributed by atoms with Crippen molar-refractivity contribution in [3.63, 3.8) is 0 Å². The van der Waals surface area contributed by atoms with Crippen LogP contribution in [0.2, 0.25) is 0 Å². The molecule has 0 aromatic heterocycles. The molecule has 1 saturated heterocycles. The van der Waals surface area contributed by atoms with Gasteiger partial charge in [-0.25, -0.2) is 13.2 Å². The minimum absolute atomic E-state index is 0.0246. The third-order valence-electron chi connectivity index (χ3n) is 15.2. The smallest absolute Gasteiger partial charge is 0.364 e. The van der Waals surface area contributed by atoms with Gasteiger partial charge in [-0.1, -0.05) is 45.9 Å². The van der Waals surface area contributed by atoms with Crippen LogP contribution in [0.4, 0.5) is 11.4 Å². The van der Waals surface area contributed by atoms with E-state index in [2.05, 4.69) is 27.8 Å². The van der Waals surface area contributed by atoms with E-state index in [9.17, 15) is 80.6 Å². The topological polar surface area (TPSA) is 396 Å². The van der Waals surface area contributed by atoms with Crippen molar-refractivity contribution in [3.05, 3.63) is 105 Å². The van der Waals surface area contributed by atoms with Crippen LogP contribution in [-0.2, 0) is 72.3 Å². The van der Waals surface area contributed by atoms with Crippen LogP contribution in [0, 0.1) is 24.7 Å². The van der Waals surface area contributed by atoms with Crippen molar-refractivity contribution in [2.24, 2.45) is 0 Å². The van der Waals surface area contributed by atoms with Crippen LogP contribution in [0.3, 0.4) is 0 Å². The predicted molar refractivity (Wildman–Crippen MR) is 333 cm³/mol. The number of unbranched alkanes of at least 4 members (excludes halogenated alkanes) is 4. The van der Waals surface area contributed by atoms with Crippen molar-refractivity contribution in [1.82, 2.24) is 21.0 Å². The van der Waals surface area contributed by atoms with Gasteiger partial charge in [-0.15, -0.1) is 29.8 Å². The number of allylic oxidation sites excluding steroid dienone is 3. The van der Waals surface area contributed by atoms with Crippen LogP contribution in [0.5, 0.6) is 11.5 Å². The Morgan fingerprint density at radius 3 is 1.78 bits per heavy atom. The number of nitrogens with one attached hydrogen (secondary N) is 3. The largest absolute Gasteiger partial charge is 0.748 e. The van der Waals surface area contributed by atoms with Gasteiger partial charge in [0, 0.05) is 102 Å². The fraction of sp³-hybridized carbons (Fsp3) is 0.467. The molecule has 0 aliphatic carbocycles. The zero-order chi connectivity index (χ0) is 67.3. The first kappa shape index (κ1) is 72.2. The van der Waals surface area contributed by atoms with E-state index in [0.29, 0.717) is 60.5 Å². The molecular weight excluding hydrogens is 1270 g/mol. The molecule has 3 heterocycles. The lowest BCUT2D eigenvalue weighted by Crippen LogP contribution is -2.41. The standard InChI is InChI=1S/C60H74N6O21S4/c1-7-9-11-13-29-85-47-37-41(58(72)87-66-51(67)23-24-52(66)68)38-48(86-30-14-12-10-8-2)44(47)39-63-56(70)42-19-15-20-45-53(42)59(3,4)49(64(45)27-17-31-88(73,74)75)21-16-22-50-60(5,6)54-43(57(71)62-26-34-91(82,83)84)35-40(55(69)61-25-33-90(79,80)81)36-46(54)65(50)28-18-32-89(76,77)78/h1-2,15-16,19-22,35-38,50H,9-14,17-18,23-34,39H2,3-6H3,(H,61,69)(H,62,71)(H,63,70)(H,73,74,75)(H,76,77,78)(H,79,80,81)(H,82,83,84)/p-1/b22-16+,49-21+. The molecule has 3 aromatic carbocycles. The maximum absolute atomic E-state index is 14.9. The summed E-state index contributed by atoms with van der Waals surface area (Å²) in [5, 5.41) is 8.11. The number of hydrogen-bond acceptors (Lipinski definition) is 20. The molecule has 3 aliphatic heterocycles. The third kappa shape index (κ3) is 19.6. The minimum atomic E-state index is -4.82. The molecular formula is C60H73N6O21S4-. The van der Waals surface area contributed by atoms with Gasteiger partial charge in [-0.05, 0) is 86.6 Å². The van der Waals surface area contributed by atoms with Crippen molar-refractivity contribution in [2.75, 3.05) is 72.2 Å². The number of imide groups is 1. The van der Waals surface area contributed by atoms with Gasteiger partial charge in [0.25, 0.3) is 59.9 Å². The third-order valence-corrected chi connectivity index (χ3v) is 18.2. The summed E-state index contributed by atoms with van der Waals surface area (Å²) >= 11 is 0. The number of carbonyl (C=O) groups excluding carboxylic acids is 6. The number of rotatable bonds is 33. The average molecular weight is 1340 g/mol. The molecule has 27 nitrogen and oxygen atoms in total. The molecule has 0 bridgehead atoms. The Morgan fingerprint density at radius 1 is 0.670 bits per heavy atom. The summed E-state index contributed by atoms with van der Waals surface area (Å²) in [6, 6.07) is 9.25. The van der Waals surface area contributed by atoms with E-state index in [0.717, 1.165) is 0 Å². The van der Waals surface area contributed by atoms with Crippen LogP contribution in [0.1, 0.15) is 150 Å². The number of carbonyl (C=O) groups is 6. The Balaban J connectivity index is 1.43. The second-order valence-corrected chi connectivity index (χ2v) is 28.9. The molecule has 5 amide bonds. The SMILES string of the molecule is C#CCCCCOc1cc(C(=O)ON2C(=O)CCC2=O)cc(OCCCCC#C)c1CNC(=O)c1cccc2c1C(C)(C)/C(=C\C=C\C1N(CCCS(=O)(=O)O)c3cc(C(=O)NCCS(=O)(=O)O)cc(C(=O)NCCS(=O)(=O)[O-])c3C1(C)C)N2CCCS(=O)(=O)O. The van der Waals surface area contributed by atoms with Gasteiger partial charge in [0.15, 0.2) is 0 Å². The van der Waals surface area contributed by atoms with Gasteiger partial charge in [0.1, 0.15) is 11.5 Å². The Morgan fingerprint density at radius 2 is 1.22 bits per heavy atom.